The summed E-state index contributed by atoms with van der Waals surface area (Å²) in [6.45, 7) is 0. The first-order valence-electron chi connectivity index (χ1n) is 5.82. The lowest BCUT2D eigenvalue weighted by atomic mass is 10.2. The van der Waals surface area contributed by atoms with E-state index in [1.54, 1.807) is 6.07 Å². The van der Waals surface area contributed by atoms with Crippen LogP contribution < -0.4 is 5.32 Å². The highest BCUT2D eigenvalue weighted by atomic mass is 35.5. The van der Waals surface area contributed by atoms with Gasteiger partial charge in [0, 0.05) is 11.6 Å². The van der Waals surface area contributed by atoms with Crippen LogP contribution in [-0.2, 0) is 5.88 Å². The van der Waals surface area contributed by atoms with E-state index >= 15 is 0 Å². The summed E-state index contributed by atoms with van der Waals surface area (Å²) < 4.78 is 13.1. The molecule has 0 saturated carbocycles. The number of imidazole rings is 1. The lowest BCUT2D eigenvalue weighted by Gasteiger charge is -2.03. The molecule has 5 heteroatoms. The molecule has 0 spiro atoms. The summed E-state index contributed by atoms with van der Waals surface area (Å²) in [5.74, 6) is 0.790. The highest BCUT2D eigenvalue weighted by Crippen LogP contribution is 2.19. The highest BCUT2D eigenvalue weighted by Gasteiger charge is 2.04. The smallest absolute Gasteiger partial charge is 0.205 e. The maximum Gasteiger partial charge on any atom is 0.205 e. The van der Waals surface area contributed by atoms with Gasteiger partial charge in [-0.1, -0.05) is 12.1 Å². The van der Waals surface area contributed by atoms with Crippen molar-refractivity contribution < 1.29 is 4.39 Å². The van der Waals surface area contributed by atoms with Gasteiger partial charge in [0.25, 0.3) is 0 Å². The molecule has 0 fully saturated rings. The summed E-state index contributed by atoms with van der Waals surface area (Å²) in [5, 5.41) is 3.13. The van der Waals surface area contributed by atoms with Crippen LogP contribution in [0.25, 0.3) is 11.0 Å². The molecule has 0 amide bonds. The van der Waals surface area contributed by atoms with E-state index in [-0.39, 0.29) is 5.82 Å². The first kappa shape index (κ1) is 12.0. The quantitative estimate of drug-likeness (QED) is 0.704. The second-order valence-corrected chi connectivity index (χ2v) is 4.47. The molecule has 0 atom stereocenters. The van der Waals surface area contributed by atoms with Crippen molar-refractivity contribution >= 4 is 34.3 Å². The van der Waals surface area contributed by atoms with Crippen molar-refractivity contribution in [2.24, 2.45) is 0 Å². The normalized spacial score (nSPS) is 10.8. The Morgan fingerprint density at radius 1 is 1.16 bits per heavy atom. The van der Waals surface area contributed by atoms with Crippen molar-refractivity contribution in [1.82, 2.24) is 9.97 Å². The van der Waals surface area contributed by atoms with E-state index in [1.807, 2.05) is 24.3 Å². The summed E-state index contributed by atoms with van der Waals surface area (Å²) in [4.78, 5) is 7.36. The van der Waals surface area contributed by atoms with E-state index in [1.165, 1.54) is 12.1 Å². The van der Waals surface area contributed by atoms with Gasteiger partial charge in [-0.05, 0) is 35.9 Å². The third-order valence-corrected chi connectivity index (χ3v) is 3.12. The molecule has 19 heavy (non-hydrogen) atoms. The number of hydrogen-bond donors (Lipinski definition) is 2. The molecule has 3 nitrogen and oxygen atoms in total. The van der Waals surface area contributed by atoms with Crippen molar-refractivity contribution in [3.8, 4) is 0 Å². The molecule has 2 aromatic carbocycles. The number of nitrogens with one attached hydrogen (secondary N) is 2. The van der Waals surface area contributed by atoms with Crippen molar-refractivity contribution in [2.45, 2.75) is 5.88 Å². The molecule has 3 aromatic rings. The van der Waals surface area contributed by atoms with Gasteiger partial charge in [0.15, 0.2) is 0 Å². The lowest BCUT2D eigenvalue weighted by molar-refractivity contribution is 0.629. The standard InChI is InChI=1S/C14H11ClFN3/c15-8-9-1-4-11(5-2-9)17-14-18-12-6-3-10(16)7-13(12)19-14/h1-7H,8H2,(H2,17,18,19). The van der Waals surface area contributed by atoms with Gasteiger partial charge in [-0.3, -0.25) is 0 Å². The Balaban J connectivity index is 1.87. The first-order valence-corrected chi connectivity index (χ1v) is 6.35. The third-order valence-electron chi connectivity index (χ3n) is 2.81. The summed E-state index contributed by atoms with van der Waals surface area (Å²) in [5.41, 5.74) is 3.34. The molecular formula is C14H11ClFN3. The fourth-order valence-electron chi connectivity index (χ4n) is 1.85. The van der Waals surface area contributed by atoms with Crippen molar-refractivity contribution in [2.75, 3.05) is 5.32 Å². The Morgan fingerprint density at radius 2 is 1.95 bits per heavy atom. The molecule has 3 rings (SSSR count). The number of aromatic nitrogens is 2. The number of rotatable bonds is 3. The number of hydrogen-bond acceptors (Lipinski definition) is 2. The van der Waals surface area contributed by atoms with Gasteiger partial charge in [-0.2, -0.15) is 0 Å². The van der Waals surface area contributed by atoms with E-state index in [2.05, 4.69) is 15.3 Å². The minimum absolute atomic E-state index is 0.283. The monoisotopic (exact) mass is 275 g/mol. The van der Waals surface area contributed by atoms with Crippen LogP contribution in [0.5, 0.6) is 0 Å². The Labute approximate surface area is 114 Å². The van der Waals surface area contributed by atoms with Gasteiger partial charge in [0.2, 0.25) is 5.95 Å². The van der Waals surface area contributed by atoms with Crippen LogP contribution in [0, 0.1) is 5.82 Å². The van der Waals surface area contributed by atoms with Crippen molar-refractivity contribution in [3.63, 3.8) is 0 Å². The van der Waals surface area contributed by atoms with Crippen LogP contribution in [-0.4, -0.2) is 9.97 Å². The van der Waals surface area contributed by atoms with E-state index in [4.69, 9.17) is 11.6 Å². The fourth-order valence-corrected chi connectivity index (χ4v) is 2.03. The SMILES string of the molecule is Fc1ccc2nc(Nc3ccc(CCl)cc3)[nH]c2c1. The van der Waals surface area contributed by atoms with Crippen LogP contribution >= 0.6 is 11.6 Å². The third kappa shape index (κ3) is 2.53. The van der Waals surface area contributed by atoms with Gasteiger partial charge < -0.3 is 10.3 Å². The number of benzene rings is 2. The molecule has 0 radical (unpaired) electrons. The minimum atomic E-state index is -0.283. The van der Waals surface area contributed by atoms with Gasteiger partial charge in [0.05, 0.1) is 11.0 Å². The Hall–Kier alpha value is -2.07. The largest absolute Gasteiger partial charge is 0.326 e. The topological polar surface area (TPSA) is 40.7 Å². The average molecular weight is 276 g/mol. The Kier molecular flexibility index (Phi) is 3.09. The number of H-pyrrole nitrogens is 1. The second-order valence-electron chi connectivity index (χ2n) is 4.20. The molecule has 0 unspecified atom stereocenters. The predicted octanol–water partition coefficient (Wildman–Crippen LogP) is 4.18. The zero-order valence-electron chi connectivity index (χ0n) is 9.95. The van der Waals surface area contributed by atoms with Crippen LogP contribution in [0.15, 0.2) is 42.5 Å². The zero-order valence-corrected chi connectivity index (χ0v) is 10.7. The number of halogens is 2. The van der Waals surface area contributed by atoms with E-state index in [0.29, 0.717) is 17.3 Å². The molecule has 96 valence electrons. The van der Waals surface area contributed by atoms with Crippen molar-refractivity contribution in [1.29, 1.82) is 0 Å². The minimum Gasteiger partial charge on any atom is -0.326 e. The van der Waals surface area contributed by atoms with E-state index in [9.17, 15) is 4.39 Å². The number of alkyl halides is 1. The molecule has 0 aliphatic heterocycles. The van der Waals surface area contributed by atoms with Gasteiger partial charge in [-0.25, -0.2) is 9.37 Å². The summed E-state index contributed by atoms with van der Waals surface area (Å²) in [6, 6.07) is 12.2. The molecule has 1 aromatic heterocycles. The second kappa shape index (κ2) is 4.90. The summed E-state index contributed by atoms with van der Waals surface area (Å²) in [6.07, 6.45) is 0. The number of fused-ring (bicyclic) bond motifs is 1. The fraction of sp³-hybridized carbons (Fsp3) is 0.0714. The predicted molar refractivity (Wildman–Crippen MR) is 75.3 cm³/mol. The van der Waals surface area contributed by atoms with Crippen LogP contribution in [0.2, 0.25) is 0 Å². The van der Waals surface area contributed by atoms with Crippen LogP contribution in [0.3, 0.4) is 0 Å². The highest BCUT2D eigenvalue weighted by molar-refractivity contribution is 6.17. The molecule has 0 aliphatic rings. The van der Waals surface area contributed by atoms with Crippen LogP contribution in [0.1, 0.15) is 5.56 Å². The molecule has 1 heterocycles. The van der Waals surface area contributed by atoms with Crippen LogP contribution in [0.4, 0.5) is 16.0 Å². The lowest BCUT2D eigenvalue weighted by Crippen LogP contribution is -1.92. The maximum absolute atomic E-state index is 13.1. The van der Waals surface area contributed by atoms with E-state index < -0.39 is 0 Å². The molecule has 0 saturated heterocycles. The molecule has 2 N–H and O–H groups in total. The molecule has 0 bridgehead atoms. The number of anilines is 2. The number of aromatic amines is 1. The average Bonchev–Trinajstić information content (AvgIpc) is 2.81. The van der Waals surface area contributed by atoms with E-state index in [0.717, 1.165) is 16.8 Å². The van der Waals surface area contributed by atoms with Crippen molar-refractivity contribution in [3.05, 3.63) is 53.8 Å². The summed E-state index contributed by atoms with van der Waals surface area (Å²) >= 11 is 5.73. The Bertz CT molecular complexity index is 706. The van der Waals surface area contributed by atoms with Gasteiger partial charge >= 0.3 is 0 Å². The maximum atomic E-state index is 13.1. The van der Waals surface area contributed by atoms with Gasteiger partial charge in [-0.15, -0.1) is 11.6 Å². The molecular weight excluding hydrogens is 265 g/mol. The Morgan fingerprint density at radius 3 is 2.68 bits per heavy atom. The number of nitrogens with zero attached hydrogens (tertiary/aromatic N) is 1. The zero-order chi connectivity index (χ0) is 13.2. The first-order chi connectivity index (χ1) is 9.24. The van der Waals surface area contributed by atoms with Gasteiger partial charge in [0.1, 0.15) is 5.82 Å². The molecule has 0 aliphatic carbocycles. The summed E-state index contributed by atoms with van der Waals surface area (Å²) in [7, 11) is 0.